The second-order valence-electron chi connectivity index (χ2n) is 5.02. The maximum atomic E-state index is 9.89. The molecule has 5 heteroatoms. The van der Waals surface area contributed by atoms with Crippen LogP contribution in [0.1, 0.15) is 38.0 Å². The molecule has 1 fully saturated rings. The average molecular weight is 274 g/mol. The highest BCUT2D eigenvalue weighted by molar-refractivity contribution is 5.56. The van der Waals surface area contributed by atoms with Gasteiger partial charge in [-0.1, -0.05) is 17.3 Å². The van der Waals surface area contributed by atoms with E-state index in [2.05, 4.69) is 10.1 Å². The quantitative estimate of drug-likeness (QED) is 0.928. The number of aliphatic hydroxyl groups is 1. The number of aliphatic hydroxyl groups excluding tert-OH is 1. The molecule has 0 bridgehead atoms. The van der Waals surface area contributed by atoms with E-state index in [0.717, 1.165) is 30.6 Å². The summed E-state index contributed by atoms with van der Waals surface area (Å²) in [5.74, 6) is 1.84. The lowest BCUT2D eigenvalue weighted by atomic mass is 10.1. The van der Waals surface area contributed by atoms with E-state index < -0.39 is 0 Å². The van der Waals surface area contributed by atoms with Crippen molar-refractivity contribution < 1.29 is 14.4 Å². The van der Waals surface area contributed by atoms with Crippen LogP contribution in [0.2, 0.25) is 0 Å². The Balaban J connectivity index is 1.84. The van der Waals surface area contributed by atoms with Crippen molar-refractivity contribution >= 4 is 0 Å². The second-order valence-corrected chi connectivity index (χ2v) is 5.02. The molecule has 2 unspecified atom stereocenters. The van der Waals surface area contributed by atoms with Crippen molar-refractivity contribution in [2.45, 2.75) is 38.2 Å². The van der Waals surface area contributed by atoms with E-state index in [9.17, 15) is 5.11 Å². The molecule has 2 aromatic rings. The van der Waals surface area contributed by atoms with Crippen molar-refractivity contribution in [3.05, 3.63) is 30.2 Å². The Kier molecular flexibility index (Phi) is 3.69. The van der Waals surface area contributed by atoms with Crippen molar-refractivity contribution in [1.29, 1.82) is 0 Å². The molecule has 0 saturated heterocycles. The van der Waals surface area contributed by atoms with Crippen LogP contribution < -0.4 is 4.74 Å². The largest absolute Gasteiger partial charge is 0.494 e. The van der Waals surface area contributed by atoms with Crippen LogP contribution in [-0.2, 0) is 0 Å². The van der Waals surface area contributed by atoms with Crippen molar-refractivity contribution in [2.24, 2.45) is 0 Å². The standard InChI is InChI=1S/C15H18N2O3/c1-2-19-11-6-3-5-10(9-11)14-16-15(20-17-14)12-7-4-8-13(12)18/h3,5-6,9,12-13,18H,2,4,7-8H2,1H3. The number of hydrogen-bond acceptors (Lipinski definition) is 5. The molecular weight excluding hydrogens is 256 g/mol. The maximum absolute atomic E-state index is 9.89. The summed E-state index contributed by atoms with van der Waals surface area (Å²) in [6.45, 7) is 2.57. The van der Waals surface area contributed by atoms with Crippen LogP contribution >= 0.6 is 0 Å². The molecule has 1 aliphatic carbocycles. The molecule has 106 valence electrons. The molecule has 1 aliphatic rings. The molecule has 0 radical (unpaired) electrons. The van der Waals surface area contributed by atoms with Gasteiger partial charge in [0.15, 0.2) is 0 Å². The first kappa shape index (κ1) is 13.1. The monoisotopic (exact) mass is 274 g/mol. The van der Waals surface area contributed by atoms with Crippen LogP contribution in [0, 0.1) is 0 Å². The summed E-state index contributed by atoms with van der Waals surface area (Å²) in [7, 11) is 0. The number of rotatable bonds is 4. The van der Waals surface area contributed by atoms with Gasteiger partial charge in [-0.05, 0) is 38.3 Å². The highest BCUT2D eigenvalue weighted by atomic mass is 16.5. The van der Waals surface area contributed by atoms with Crippen LogP contribution in [0.25, 0.3) is 11.4 Å². The summed E-state index contributed by atoms with van der Waals surface area (Å²) in [5.41, 5.74) is 0.860. The zero-order valence-corrected chi connectivity index (χ0v) is 11.5. The molecule has 1 N–H and O–H groups in total. The first-order valence-electron chi connectivity index (χ1n) is 7.03. The summed E-state index contributed by atoms with van der Waals surface area (Å²) in [5, 5.41) is 13.9. The molecule has 1 heterocycles. The van der Waals surface area contributed by atoms with Crippen LogP contribution in [0.15, 0.2) is 28.8 Å². The minimum atomic E-state index is -0.363. The van der Waals surface area contributed by atoms with Gasteiger partial charge in [0.2, 0.25) is 11.7 Å². The van der Waals surface area contributed by atoms with E-state index in [0.29, 0.717) is 18.3 Å². The number of hydrogen-bond donors (Lipinski definition) is 1. The van der Waals surface area contributed by atoms with E-state index in [1.807, 2.05) is 31.2 Å². The highest BCUT2D eigenvalue weighted by Gasteiger charge is 2.31. The fourth-order valence-electron chi connectivity index (χ4n) is 2.62. The fourth-order valence-corrected chi connectivity index (χ4v) is 2.62. The van der Waals surface area contributed by atoms with E-state index in [1.165, 1.54) is 0 Å². The smallest absolute Gasteiger partial charge is 0.232 e. The van der Waals surface area contributed by atoms with Gasteiger partial charge in [0.25, 0.3) is 0 Å². The first-order chi connectivity index (χ1) is 9.78. The van der Waals surface area contributed by atoms with Gasteiger partial charge in [0.05, 0.1) is 18.6 Å². The van der Waals surface area contributed by atoms with Crippen molar-refractivity contribution in [1.82, 2.24) is 10.1 Å². The van der Waals surface area contributed by atoms with E-state index in [1.54, 1.807) is 0 Å². The topological polar surface area (TPSA) is 68.4 Å². The SMILES string of the molecule is CCOc1cccc(-c2noc(C3CCCC3O)n2)c1. The fraction of sp³-hybridized carbons (Fsp3) is 0.467. The van der Waals surface area contributed by atoms with Crippen LogP contribution in [0.5, 0.6) is 5.75 Å². The summed E-state index contributed by atoms with van der Waals surface area (Å²) >= 11 is 0. The molecule has 20 heavy (non-hydrogen) atoms. The summed E-state index contributed by atoms with van der Waals surface area (Å²) in [6.07, 6.45) is 2.35. The first-order valence-corrected chi connectivity index (χ1v) is 7.03. The third-order valence-electron chi connectivity index (χ3n) is 3.64. The van der Waals surface area contributed by atoms with Gasteiger partial charge in [0, 0.05) is 5.56 Å². The van der Waals surface area contributed by atoms with Gasteiger partial charge >= 0.3 is 0 Å². The molecule has 1 saturated carbocycles. The molecule has 2 atom stereocenters. The van der Waals surface area contributed by atoms with Gasteiger partial charge in [-0.25, -0.2) is 0 Å². The van der Waals surface area contributed by atoms with Crippen LogP contribution in [-0.4, -0.2) is 28.0 Å². The van der Waals surface area contributed by atoms with E-state index in [4.69, 9.17) is 9.26 Å². The van der Waals surface area contributed by atoms with Gasteiger partial charge < -0.3 is 14.4 Å². The highest BCUT2D eigenvalue weighted by Crippen LogP contribution is 2.34. The lowest BCUT2D eigenvalue weighted by Crippen LogP contribution is -2.11. The molecular formula is C15H18N2O3. The summed E-state index contributed by atoms with van der Waals surface area (Å²) in [4.78, 5) is 4.42. The summed E-state index contributed by atoms with van der Waals surface area (Å²) < 4.78 is 10.8. The number of ether oxygens (including phenoxy) is 1. The zero-order chi connectivity index (χ0) is 13.9. The molecule has 5 nitrogen and oxygen atoms in total. The van der Waals surface area contributed by atoms with E-state index in [-0.39, 0.29) is 12.0 Å². The Bertz CT molecular complexity index is 582. The zero-order valence-electron chi connectivity index (χ0n) is 11.5. The third kappa shape index (κ3) is 2.54. The van der Waals surface area contributed by atoms with Gasteiger partial charge in [-0.3, -0.25) is 0 Å². The summed E-state index contributed by atoms with van der Waals surface area (Å²) in [6, 6.07) is 7.61. The Labute approximate surface area is 117 Å². The third-order valence-corrected chi connectivity index (χ3v) is 3.64. The molecule has 1 aromatic carbocycles. The van der Waals surface area contributed by atoms with Crippen molar-refractivity contribution in [3.8, 4) is 17.1 Å². The van der Waals surface area contributed by atoms with Crippen molar-refractivity contribution in [3.63, 3.8) is 0 Å². The molecule has 1 aromatic heterocycles. The Morgan fingerprint density at radius 3 is 3.05 bits per heavy atom. The average Bonchev–Trinajstić information content (AvgIpc) is 3.08. The Morgan fingerprint density at radius 1 is 1.40 bits per heavy atom. The van der Waals surface area contributed by atoms with Gasteiger partial charge in [0.1, 0.15) is 5.75 Å². The second kappa shape index (κ2) is 5.63. The number of aromatic nitrogens is 2. The molecule has 0 amide bonds. The van der Waals surface area contributed by atoms with Crippen LogP contribution in [0.4, 0.5) is 0 Å². The van der Waals surface area contributed by atoms with Gasteiger partial charge in [-0.2, -0.15) is 4.98 Å². The number of benzene rings is 1. The Morgan fingerprint density at radius 2 is 2.30 bits per heavy atom. The maximum Gasteiger partial charge on any atom is 0.232 e. The molecule has 0 spiro atoms. The minimum Gasteiger partial charge on any atom is -0.494 e. The predicted octanol–water partition coefficient (Wildman–Crippen LogP) is 2.76. The normalized spacial score (nSPS) is 22.1. The molecule has 0 aliphatic heterocycles. The number of nitrogens with zero attached hydrogens (tertiary/aromatic N) is 2. The van der Waals surface area contributed by atoms with E-state index >= 15 is 0 Å². The van der Waals surface area contributed by atoms with Crippen LogP contribution in [0.3, 0.4) is 0 Å². The lowest BCUT2D eigenvalue weighted by molar-refractivity contribution is 0.148. The molecule has 3 rings (SSSR count). The van der Waals surface area contributed by atoms with Crippen molar-refractivity contribution in [2.75, 3.05) is 6.61 Å². The Hall–Kier alpha value is -1.88. The predicted molar refractivity (Wildman–Crippen MR) is 73.5 cm³/mol. The van der Waals surface area contributed by atoms with Gasteiger partial charge in [-0.15, -0.1) is 0 Å². The lowest BCUT2D eigenvalue weighted by Gasteiger charge is -2.07. The minimum absolute atomic E-state index is 0.0219.